The molecule has 0 aromatic heterocycles. The molecule has 1 aromatic rings. The summed E-state index contributed by atoms with van der Waals surface area (Å²) in [5.74, 6) is 2.40. The molecule has 0 atom stereocenters. The van der Waals surface area contributed by atoms with Crippen molar-refractivity contribution in [1.29, 1.82) is 0 Å². The molecule has 2 aliphatic carbocycles. The molecule has 0 spiro atoms. The molecular weight excluding hydrogens is 266 g/mol. The van der Waals surface area contributed by atoms with E-state index in [0.717, 1.165) is 18.4 Å². The lowest BCUT2D eigenvalue weighted by Gasteiger charge is -2.17. The van der Waals surface area contributed by atoms with Crippen LogP contribution in [0.15, 0.2) is 18.2 Å². The minimum atomic E-state index is -0.288. The predicted molar refractivity (Wildman–Crippen MR) is 84.7 cm³/mol. The molecule has 5 heteroatoms. The molecule has 0 radical (unpaired) electrons. The van der Waals surface area contributed by atoms with Crippen molar-refractivity contribution in [2.24, 2.45) is 17.8 Å². The van der Waals surface area contributed by atoms with Gasteiger partial charge in [0.1, 0.15) is 11.4 Å². The molecule has 2 N–H and O–H groups in total. The van der Waals surface area contributed by atoms with Crippen molar-refractivity contribution in [3.63, 3.8) is 0 Å². The molecule has 0 unspecified atom stereocenters. The van der Waals surface area contributed by atoms with Crippen molar-refractivity contribution in [2.45, 2.75) is 32.6 Å². The van der Waals surface area contributed by atoms with Crippen LogP contribution in [0.2, 0.25) is 0 Å². The van der Waals surface area contributed by atoms with Crippen molar-refractivity contribution in [1.82, 2.24) is 0 Å². The molecule has 0 saturated heterocycles. The molecule has 5 nitrogen and oxygen atoms in total. The van der Waals surface area contributed by atoms with Gasteiger partial charge in [-0.25, -0.2) is 0 Å². The van der Waals surface area contributed by atoms with Gasteiger partial charge in [-0.2, -0.15) is 0 Å². The van der Waals surface area contributed by atoms with E-state index in [1.165, 1.54) is 25.7 Å². The maximum absolute atomic E-state index is 11.4. The Morgan fingerprint density at radius 1 is 1.19 bits per heavy atom. The molecule has 0 heterocycles. The fourth-order valence-corrected chi connectivity index (χ4v) is 3.21. The Labute approximate surface area is 125 Å². The lowest BCUT2D eigenvalue weighted by atomic mass is 9.98. The Bertz CT molecular complexity index is 512. The Morgan fingerprint density at radius 3 is 2.24 bits per heavy atom. The van der Waals surface area contributed by atoms with E-state index < -0.39 is 0 Å². The van der Waals surface area contributed by atoms with Gasteiger partial charge >= 0.3 is 5.69 Å². The van der Waals surface area contributed by atoms with Gasteiger partial charge in [-0.1, -0.05) is 6.07 Å². The monoisotopic (exact) mass is 289 g/mol. The summed E-state index contributed by atoms with van der Waals surface area (Å²) in [5, 5.41) is 17.8. The second-order valence-electron chi connectivity index (χ2n) is 6.21. The summed E-state index contributed by atoms with van der Waals surface area (Å²) in [4.78, 5) is 11.1. The molecule has 0 bridgehead atoms. The summed E-state index contributed by atoms with van der Waals surface area (Å²) in [7, 11) is 0. The van der Waals surface area contributed by atoms with Crippen molar-refractivity contribution in [3.8, 4) is 0 Å². The lowest BCUT2D eigenvalue weighted by Crippen LogP contribution is -2.19. The first-order valence-corrected chi connectivity index (χ1v) is 7.95. The summed E-state index contributed by atoms with van der Waals surface area (Å²) >= 11 is 0. The summed E-state index contributed by atoms with van der Waals surface area (Å²) < 4.78 is 0. The third kappa shape index (κ3) is 3.28. The van der Waals surface area contributed by atoms with Crippen molar-refractivity contribution in [3.05, 3.63) is 28.3 Å². The Balaban J connectivity index is 1.74. The topological polar surface area (TPSA) is 67.2 Å². The van der Waals surface area contributed by atoms with Gasteiger partial charge in [-0.3, -0.25) is 10.1 Å². The summed E-state index contributed by atoms with van der Waals surface area (Å²) in [6.45, 7) is 3.49. The van der Waals surface area contributed by atoms with Crippen LogP contribution >= 0.6 is 0 Å². The Kier molecular flexibility index (Phi) is 3.99. The second-order valence-corrected chi connectivity index (χ2v) is 6.21. The normalized spacial score (nSPS) is 17.8. The first-order valence-electron chi connectivity index (χ1n) is 7.95. The van der Waals surface area contributed by atoms with Gasteiger partial charge in [-0.15, -0.1) is 0 Å². The quantitative estimate of drug-likeness (QED) is 0.563. The van der Waals surface area contributed by atoms with E-state index in [2.05, 4.69) is 10.6 Å². The smallest absolute Gasteiger partial charge is 0.315 e. The van der Waals surface area contributed by atoms with Crippen LogP contribution in [0.3, 0.4) is 0 Å². The predicted octanol–water partition coefficient (Wildman–Crippen LogP) is 3.87. The fourth-order valence-electron chi connectivity index (χ4n) is 3.21. The zero-order valence-corrected chi connectivity index (χ0v) is 12.5. The van der Waals surface area contributed by atoms with Crippen LogP contribution in [0.25, 0.3) is 0 Å². The van der Waals surface area contributed by atoms with E-state index in [-0.39, 0.29) is 10.6 Å². The lowest BCUT2D eigenvalue weighted by molar-refractivity contribution is -0.383. The van der Waals surface area contributed by atoms with E-state index in [4.69, 9.17) is 0 Å². The van der Waals surface area contributed by atoms with Gasteiger partial charge in [0.2, 0.25) is 0 Å². The molecule has 0 amide bonds. The van der Waals surface area contributed by atoms with Crippen LogP contribution < -0.4 is 10.6 Å². The molecular formula is C16H23N3O2. The van der Waals surface area contributed by atoms with Gasteiger partial charge in [0.25, 0.3) is 0 Å². The molecule has 21 heavy (non-hydrogen) atoms. The van der Waals surface area contributed by atoms with Crippen LogP contribution in [0.5, 0.6) is 0 Å². The van der Waals surface area contributed by atoms with Crippen LogP contribution in [0, 0.1) is 27.9 Å². The molecule has 114 valence electrons. The molecule has 1 aromatic carbocycles. The van der Waals surface area contributed by atoms with E-state index in [1.807, 2.05) is 19.1 Å². The number of benzene rings is 1. The van der Waals surface area contributed by atoms with Gasteiger partial charge in [0.15, 0.2) is 0 Å². The molecule has 2 saturated carbocycles. The van der Waals surface area contributed by atoms with Crippen LogP contribution in [0.4, 0.5) is 17.1 Å². The van der Waals surface area contributed by atoms with Gasteiger partial charge in [-0.05, 0) is 62.5 Å². The number of hydrogen-bond donors (Lipinski definition) is 2. The van der Waals surface area contributed by atoms with Crippen molar-refractivity contribution < 1.29 is 4.92 Å². The fraction of sp³-hybridized carbons (Fsp3) is 0.625. The number of nitro benzene ring substituents is 1. The van der Waals surface area contributed by atoms with Gasteiger partial charge in [0, 0.05) is 13.1 Å². The number of para-hydroxylation sites is 1. The van der Waals surface area contributed by atoms with E-state index >= 15 is 0 Å². The first kappa shape index (κ1) is 14.2. The highest BCUT2D eigenvalue weighted by Gasteiger charge is 2.41. The molecule has 3 rings (SSSR count). The second kappa shape index (κ2) is 5.92. The highest BCUT2D eigenvalue weighted by atomic mass is 16.6. The largest absolute Gasteiger partial charge is 0.380 e. The zero-order valence-electron chi connectivity index (χ0n) is 12.5. The Morgan fingerprint density at radius 2 is 1.76 bits per heavy atom. The first-order chi connectivity index (χ1) is 10.2. The number of hydrogen-bond acceptors (Lipinski definition) is 4. The summed E-state index contributed by atoms with van der Waals surface area (Å²) in [6.07, 6.45) is 5.34. The highest BCUT2D eigenvalue weighted by molar-refractivity contribution is 5.76. The minimum Gasteiger partial charge on any atom is -0.380 e. The summed E-state index contributed by atoms with van der Waals surface area (Å²) in [6, 6.07) is 5.46. The van der Waals surface area contributed by atoms with E-state index in [1.54, 1.807) is 6.07 Å². The van der Waals surface area contributed by atoms with Crippen LogP contribution in [0.1, 0.15) is 32.6 Å². The number of nitrogens with one attached hydrogen (secondary N) is 2. The number of anilines is 2. The molecule has 2 aliphatic rings. The van der Waals surface area contributed by atoms with Crippen LogP contribution in [-0.2, 0) is 0 Å². The van der Waals surface area contributed by atoms with Crippen LogP contribution in [-0.4, -0.2) is 18.0 Å². The highest BCUT2D eigenvalue weighted by Crippen LogP contribution is 2.49. The van der Waals surface area contributed by atoms with Crippen molar-refractivity contribution >= 4 is 17.1 Å². The standard InChI is InChI=1S/C16H23N3O2/c1-2-17-14-4-3-5-15(16(14)19(20)21)18-10-13(11-6-7-11)12-8-9-12/h3-5,11-13,17-18H,2,6-10H2,1H3. The SMILES string of the molecule is CCNc1cccc(NCC(C2CC2)C2CC2)c1[N+](=O)[O-]. The van der Waals surface area contributed by atoms with Crippen molar-refractivity contribution in [2.75, 3.05) is 23.7 Å². The Hall–Kier alpha value is -1.78. The average Bonchev–Trinajstić information content (AvgIpc) is 3.33. The molecule has 2 fully saturated rings. The average molecular weight is 289 g/mol. The van der Waals surface area contributed by atoms with E-state index in [9.17, 15) is 10.1 Å². The maximum Gasteiger partial charge on any atom is 0.315 e. The van der Waals surface area contributed by atoms with Gasteiger partial charge < -0.3 is 10.6 Å². The summed E-state index contributed by atoms with van der Waals surface area (Å²) in [5.41, 5.74) is 1.41. The third-order valence-electron chi connectivity index (χ3n) is 4.57. The third-order valence-corrected chi connectivity index (χ3v) is 4.57. The molecule has 0 aliphatic heterocycles. The maximum atomic E-state index is 11.4. The number of nitro groups is 1. The minimum absolute atomic E-state index is 0.171. The number of rotatable bonds is 8. The zero-order chi connectivity index (χ0) is 14.8. The number of nitrogens with zero attached hydrogens (tertiary/aromatic N) is 1. The van der Waals surface area contributed by atoms with E-state index in [0.29, 0.717) is 23.8 Å². The van der Waals surface area contributed by atoms with Gasteiger partial charge in [0.05, 0.1) is 4.92 Å².